The molecule has 0 spiro atoms. The number of piperidine rings is 1. The third-order valence-electron chi connectivity index (χ3n) is 10.1. The lowest BCUT2D eigenvalue weighted by Crippen LogP contribution is -2.52. The minimum absolute atomic E-state index is 0.0534. The molecule has 46 heavy (non-hydrogen) atoms. The molecule has 3 aliphatic heterocycles. The maximum atomic E-state index is 14.5. The number of halogens is 1. The second-order valence-electron chi connectivity index (χ2n) is 12.8. The van der Waals surface area contributed by atoms with E-state index in [-0.39, 0.29) is 11.7 Å². The molecule has 7 nitrogen and oxygen atoms in total. The van der Waals surface area contributed by atoms with Crippen LogP contribution in [0.15, 0.2) is 91.0 Å². The molecular weight excluding hydrogens is 577 g/mol. The van der Waals surface area contributed by atoms with Crippen LogP contribution in [0.3, 0.4) is 0 Å². The van der Waals surface area contributed by atoms with Gasteiger partial charge < -0.3 is 25.2 Å². The lowest BCUT2D eigenvalue weighted by molar-refractivity contribution is 0.0726. The summed E-state index contributed by atoms with van der Waals surface area (Å²) in [6.45, 7) is 6.87. The Balaban J connectivity index is 1.03. The van der Waals surface area contributed by atoms with Crippen molar-refractivity contribution in [2.45, 2.75) is 31.5 Å². The smallest absolute Gasteiger partial charge is 0.255 e. The molecule has 0 saturated carbocycles. The van der Waals surface area contributed by atoms with Crippen LogP contribution in [0, 0.1) is 5.82 Å². The summed E-state index contributed by atoms with van der Waals surface area (Å²) in [5.41, 5.74) is 6.79. The van der Waals surface area contributed by atoms with E-state index in [1.807, 2.05) is 42.5 Å². The van der Waals surface area contributed by atoms with Crippen molar-refractivity contribution in [3.8, 4) is 16.9 Å². The van der Waals surface area contributed by atoms with Gasteiger partial charge in [0.25, 0.3) is 5.91 Å². The number of fused-ring (bicyclic) bond motifs is 2. The number of benzene rings is 4. The number of nitrogens with one attached hydrogen (secondary N) is 2. The zero-order valence-corrected chi connectivity index (χ0v) is 25.8. The van der Waals surface area contributed by atoms with Gasteiger partial charge in [-0.3, -0.25) is 9.69 Å². The van der Waals surface area contributed by atoms with Crippen molar-refractivity contribution in [1.29, 1.82) is 0 Å². The van der Waals surface area contributed by atoms with E-state index in [2.05, 4.69) is 50.4 Å². The van der Waals surface area contributed by atoms with Crippen molar-refractivity contribution < 1.29 is 14.3 Å². The quantitative estimate of drug-likeness (QED) is 0.209. The van der Waals surface area contributed by atoms with Gasteiger partial charge in [0.05, 0.1) is 0 Å². The van der Waals surface area contributed by atoms with Crippen molar-refractivity contribution in [1.82, 2.24) is 20.1 Å². The maximum Gasteiger partial charge on any atom is 0.255 e. The minimum Gasteiger partial charge on any atom is -0.508 e. The zero-order chi connectivity index (χ0) is 31.2. The number of phenolic OH excluding ortho intramolecular Hbond substituents is 1. The molecule has 8 heteroatoms. The van der Waals surface area contributed by atoms with Gasteiger partial charge in [-0.15, -0.1) is 0 Å². The van der Waals surface area contributed by atoms with Crippen molar-refractivity contribution in [2.75, 3.05) is 44.2 Å². The summed E-state index contributed by atoms with van der Waals surface area (Å²) >= 11 is 0. The topological polar surface area (TPSA) is 74.8 Å². The first-order valence-corrected chi connectivity index (χ1v) is 16.3. The average Bonchev–Trinajstić information content (AvgIpc) is 3.67. The molecule has 0 radical (unpaired) electrons. The molecule has 0 bridgehead atoms. The van der Waals surface area contributed by atoms with Crippen LogP contribution in [0.2, 0.25) is 0 Å². The van der Waals surface area contributed by atoms with Crippen molar-refractivity contribution >= 4 is 22.5 Å². The van der Waals surface area contributed by atoms with Gasteiger partial charge >= 0.3 is 0 Å². The average molecular weight is 616 g/mol. The number of aromatic amines is 1. The summed E-state index contributed by atoms with van der Waals surface area (Å²) in [5.74, 6) is -0.665. The predicted octanol–water partition coefficient (Wildman–Crippen LogP) is 6.30. The number of amides is 1. The Kier molecular flexibility index (Phi) is 7.47. The number of hydrogen-bond acceptors (Lipinski definition) is 5. The highest BCUT2D eigenvalue weighted by molar-refractivity contribution is 6.00. The molecule has 1 aromatic heterocycles. The summed E-state index contributed by atoms with van der Waals surface area (Å²) in [4.78, 5) is 24.4. The Labute approximate surface area is 268 Å². The molecule has 0 aliphatic carbocycles. The first-order valence-electron chi connectivity index (χ1n) is 16.3. The van der Waals surface area contributed by atoms with Crippen LogP contribution in [-0.4, -0.2) is 71.1 Å². The highest BCUT2D eigenvalue weighted by Crippen LogP contribution is 2.41. The van der Waals surface area contributed by atoms with Crippen LogP contribution in [0.1, 0.15) is 46.1 Å². The Morgan fingerprint density at radius 2 is 1.59 bits per heavy atom. The van der Waals surface area contributed by atoms with E-state index >= 15 is 0 Å². The number of H-pyrrole nitrogens is 1. The van der Waals surface area contributed by atoms with Crippen molar-refractivity contribution in [2.24, 2.45) is 0 Å². The van der Waals surface area contributed by atoms with Gasteiger partial charge in [-0.25, -0.2) is 4.39 Å². The van der Waals surface area contributed by atoms with Gasteiger partial charge in [-0.1, -0.05) is 42.5 Å². The monoisotopic (exact) mass is 615 g/mol. The second kappa shape index (κ2) is 11.9. The van der Waals surface area contributed by atoms with Crippen molar-refractivity contribution in [3.05, 3.63) is 119 Å². The molecule has 2 fully saturated rings. The van der Waals surface area contributed by atoms with Gasteiger partial charge in [-0.2, -0.15) is 0 Å². The lowest BCUT2D eigenvalue weighted by atomic mass is 9.99. The third-order valence-corrected chi connectivity index (χ3v) is 10.1. The number of phenols is 1. The highest BCUT2D eigenvalue weighted by atomic mass is 19.1. The minimum atomic E-state index is -0.694. The van der Waals surface area contributed by atoms with Gasteiger partial charge in [0, 0.05) is 66.8 Å². The fourth-order valence-corrected chi connectivity index (χ4v) is 7.58. The van der Waals surface area contributed by atoms with Crippen LogP contribution in [0.5, 0.6) is 5.75 Å². The third kappa shape index (κ3) is 5.31. The van der Waals surface area contributed by atoms with E-state index in [4.69, 9.17) is 0 Å². The standard InChI is InChI=1S/C38H38FN5O2/c39-29-9-12-36(45)33(23-29)37(35-22-27-3-1-2-4-34(27)41-35)44-24-28-6-5-26(21-32(28)38(44)46)25-7-10-30(11-8-25)42-17-19-43(20-18-42)31-13-15-40-16-14-31/h1-12,21-23,31,37,40-41,45H,13-20,24H2. The number of nitrogens with zero attached hydrogens (tertiary/aromatic N) is 3. The van der Waals surface area contributed by atoms with Crippen LogP contribution in [0.25, 0.3) is 22.0 Å². The Morgan fingerprint density at radius 1 is 0.826 bits per heavy atom. The van der Waals surface area contributed by atoms with Gasteiger partial charge in [0.2, 0.25) is 0 Å². The molecule has 4 aromatic carbocycles. The molecule has 3 aliphatic rings. The first kappa shape index (κ1) is 28.8. The number of aromatic hydroxyl groups is 1. The van der Waals surface area contributed by atoms with Gasteiger partial charge in [-0.05, 0) is 96.5 Å². The summed E-state index contributed by atoms with van der Waals surface area (Å²) < 4.78 is 14.5. The Hall–Kier alpha value is -4.66. The van der Waals surface area contributed by atoms with E-state index in [0.717, 1.165) is 72.6 Å². The van der Waals surface area contributed by atoms with Crippen molar-refractivity contribution in [3.63, 3.8) is 0 Å². The summed E-state index contributed by atoms with van der Waals surface area (Å²) in [6, 6.07) is 28.5. The molecule has 234 valence electrons. The molecule has 3 N–H and O–H groups in total. The number of hydrogen-bond donors (Lipinski definition) is 3. The van der Waals surface area contributed by atoms with E-state index < -0.39 is 11.9 Å². The molecular formula is C38H38FN5O2. The highest BCUT2D eigenvalue weighted by Gasteiger charge is 2.37. The maximum absolute atomic E-state index is 14.5. The van der Waals surface area contributed by atoms with E-state index in [9.17, 15) is 14.3 Å². The van der Waals surface area contributed by atoms with Crippen LogP contribution in [0.4, 0.5) is 10.1 Å². The number of para-hydroxylation sites is 1. The molecule has 5 aromatic rings. The number of rotatable bonds is 6. The fraction of sp³-hybridized carbons (Fsp3) is 0.289. The molecule has 1 amide bonds. The number of carbonyl (C=O) groups excluding carboxylic acids is 1. The second-order valence-corrected chi connectivity index (χ2v) is 12.8. The van der Waals surface area contributed by atoms with Crippen LogP contribution >= 0.6 is 0 Å². The summed E-state index contributed by atoms with van der Waals surface area (Å²) in [6.07, 6.45) is 2.49. The van der Waals surface area contributed by atoms with Gasteiger partial charge in [0.15, 0.2) is 0 Å². The molecule has 1 unspecified atom stereocenters. The fourth-order valence-electron chi connectivity index (χ4n) is 7.58. The molecule has 8 rings (SSSR count). The van der Waals surface area contributed by atoms with Crippen LogP contribution < -0.4 is 10.2 Å². The van der Waals surface area contributed by atoms with E-state index in [0.29, 0.717) is 23.7 Å². The first-order chi connectivity index (χ1) is 22.5. The predicted molar refractivity (Wildman–Crippen MR) is 180 cm³/mol. The Bertz CT molecular complexity index is 1860. The van der Waals surface area contributed by atoms with Gasteiger partial charge in [0.1, 0.15) is 17.6 Å². The number of piperazine rings is 1. The number of aromatic nitrogens is 1. The van der Waals surface area contributed by atoms with Crippen LogP contribution in [-0.2, 0) is 6.54 Å². The van der Waals surface area contributed by atoms with E-state index in [1.54, 1.807) is 4.90 Å². The lowest BCUT2D eigenvalue weighted by Gasteiger charge is -2.41. The SMILES string of the molecule is O=C1c2cc(-c3ccc(N4CCN(C5CCNCC5)CC4)cc3)ccc2CN1C(c1cc2ccccc2[nH]1)c1cc(F)ccc1O. The zero-order valence-electron chi connectivity index (χ0n) is 25.8. The van der Waals surface area contributed by atoms with E-state index in [1.165, 1.54) is 36.7 Å². The normalized spacial score (nSPS) is 18.3. The summed E-state index contributed by atoms with van der Waals surface area (Å²) in [7, 11) is 0. The Morgan fingerprint density at radius 3 is 2.37 bits per heavy atom. The summed E-state index contributed by atoms with van der Waals surface area (Å²) in [5, 5.41) is 15.3. The number of carbonyl (C=O) groups is 1. The molecule has 4 heterocycles. The number of anilines is 1. The molecule has 2 saturated heterocycles. The largest absolute Gasteiger partial charge is 0.508 e. The molecule has 1 atom stereocenters.